The molecular formula is C16H20O3. The van der Waals surface area contributed by atoms with E-state index in [1.54, 1.807) is 0 Å². The second-order valence-corrected chi connectivity index (χ2v) is 5.51. The van der Waals surface area contributed by atoms with Crippen LogP contribution < -0.4 is 9.47 Å². The van der Waals surface area contributed by atoms with Gasteiger partial charge in [0.05, 0.1) is 12.2 Å². The summed E-state index contributed by atoms with van der Waals surface area (Å²) in [6, 6.07) is 6.09. The van der Waals surface area contributed by atoms with E-state index in [0.29, 0.717) is 18.8 Å². The lowest BCUT2D eigenvalue weighted by Crippen LogP contribution is -2.28. The molecule has 0 aromatic heterocycles. The quantitative estimate of drug-likeness (QED) is 0.756. The van der Waals surface area contributed by atoms with Crippen molar-refractivity contribution in [3.63, 3.8) is 0 Å². The summed E-state index contributed by atoms with van der Waals surface area (Å²) >= 11 is 0. The van der Waals surface area contributed by atoms with E-state index in [1.165, 1.54) is 5.57 Å². The summed E-state index contributed by atoms with van der Waals surface area (Å²) in [5.74, 6) is 2.02. The zero-order valence-corrected chi connectivity index (χ0v) is 11.5. The summed E-state index contributed by atoms with van der Waals surface area (Å²) in [6.45, 7) is 8.65. The molecule has 0 amide bonds. The van der Waals surface area contributed by atoms with E-state index in [0.717, 1.165) is 29.9 Å². The predicted octanol–water partition coefficient (Wildman–Crippen LogP) is 3.85. The Morgan fingerprint density at radius 2 is 2.00 bits per heavy atom. The molecule has 0 saturated carbocycles. The van der Waals surface area contributed by atoms with Crippen LogP contribution in [0.1, 0.15) is 38.4 Å². The zero-order chi connectivity index (χ0) is 13.4. The lowest BCUT2D eigenvalue weighted by Gasteiger charge is -2.36. The molecule has 3 heteroatoms. The molecule has 3 atom stereocenters. The molecule has 1 saturated heterocycles. The number of hydrogen-bond acceptors (Lipinski definition) is 3. The van der Waals surface area contributed by atoms with Gasteiger partial charge in [0.2, 0.25) is 6.79 Å². The third-order valence-corrected chi connectivity index (χ3v) is 3.99. The number of rotatable bonds is 2. The maximum absolute atomic E-state index is 6.15. The summed E-state index contributed by atoms with van der Waals surface area (Å²) in [6.07, 6.45) is 2.61. The van der Waals surface area contributed by atoms with Crippen molar-refractivity contribution < 1.29 is 14.2 Å². The minimum atomic E-state index is 0.0794. The largest absolute Gasteiger partial charge is 0.454 e. The van der Waals surface area contributed by atoms with Gasteiger partial charge in [-0.15, -0.1) is 0 Å². The fourth-order valence-electron chi connectivity index (χ4n) is 2.88. The van der Waals surface area contributed by atoms with Gasteiger partial charge in [0, 0.05) is 5.92 Å². The fraction of sp³-hybridized carbons (Fsp3) is 0.500. The Hall–Kier alpha value is -1.48. The molecule has 1 aromatic carbocycles. The van der Waals surface area contributed by atoms with Crippen LogP contribution in [0.15, 0.2) is 30.4 Å². The molecule has 3 rings (SSSR count). The van der Waals surface area contributed by atoms with Gasteiger partial charge in [-0.3, -0.25) is 0 Å². The Kier molecular flexibility index (Phi) is 3.23. The highest BCUT2D eigenvalue weighted by atomic mass is 16.7. The zero-order valence-electron chi connectivity index (χ0n) is 11.5. The molecule has 0 bridgehead atoms. The van der Waals surface area contributed by atoms with E-state index in [1.807, 2.05) is 12.1 Å². The first-order valence-corrected chi connectivity index (χ1v) is 6.85. The maximum Gasteiger partial charge on any atom is 0.231 e. The SMILES string of the molecule is C=C(C)[C@@H]1CC[C@H](C)O[C@@H]1c1ccc2c(c1)OCO2. The third kappa shape index (κ3) is 2.35. The molecule has 1 fully saturated rings. The van der Waals surface area contributed by atoms with Gasteiger partial charge in [0.15, 0.2) is 11.5 Å². The first-order valence-electron chi connectivity index (χ1n) is 6.85. The second-order valence-electron chi connectivity index (χ2n) is 5.51. The van der Waals surface area contributed by atoms with Crippen molar-refractivity contribution >= 4 is 0 Å². The van der Waals surface area contributed by atoms with E-state index in [2.05, 4.69) is 26.5 Å². The highest BCUT2D eigenvalue weighted by Gasteiger charge is 2.32. The Balaban J connectivity index is 1.91. The third-order valence-electron chi connectivity index (χ3n) is 3.99. The average Bonchev–Trinajstić information content (AvgIpc) is 2.85. The number of ether oxygens (including phenoxy) is 3. The first kappa shape index (κ1) is 12.5. The van der Waals surface area contributed by atoms with Gasteiger partial charge in [-0.1, -0.05) is 18.2 Å². The van der Waals surface area contributed by atoms with Crippen LogP contribution in [0, 0.1) is 5.92 Å². The van der Waals surface area contributed by atoms with E-state index < -0.39 is 0 Å². The lowest BCUT2D eigenvalue weighted by atomic mass is 9.83. The highest BCUT2D eigenvalue weighted by molar-refractivity contribution is 5.45. The Morgan fingerprint density at radius 3 is 2.79 bits per heavy atom. The number of fused-ring (bicyclic) bond motifs is 1. The van der Waals surface area contributed by atoms with Crippen molar-refractivity contribution in [1.82, 2.24) is 0 Å². The molecule has 102 valence electrons. The van der Waals surface area contributed by atoms with Crippen molar-refractivity contribution in [1.29, 1.82) is 0 Å². The molecule has 1 aromatic rings. The molecule has 0 N–H and O–H groups in total. The summed E-state index contributed by atoms with van der Waals surface area (Å²) in [5, 5.41) is 0. The molecule has 2 aliphatic rings. The summed E-state index contributed by atoms with van der Waals surface area (Å²) in [5.41, 5.74) is 2.35. The topological polar surface area (TPSA) is 27.7 Å². The van der Waals surface area contributed by atoms with Crippen LogP contribution in [0.2, 0.25) is 0 Å². The summed E-state index contributed by atoms with van der Waals surface area (Å²) in [7, 11) is 0. The van der Waals surface area contributed by atoms with E-state index in [4.69, 9.17) is 14.2 Å². The monoisotopic (exact) mass is 260 g/mol. The van der Waals surface area contributed by atoms with Crippen molar-refractivity contribution in [2.75, 3.05) is 6.79 Å². The van der Waals surface area contributed by atoms with Gasteiger partial charge in [0.1, 0.15) is 0 Å². The second kappa shape index (κ2) is 4.89. The summed E-state index contributed by atoms with van der Waals surface area (Å²) in [4.78, 5) is 0. The van der Waals surface area contributed by atoms with Crippen LogP contribution in [-0.4, -0.2) is 12.9 Å². The average molecular weight is 260 g/mol. The van der Waals surface area contributed by atoms with Crippen molar-refractivity contribution in [2.45, 2.75) is 38.9 Å². The molecule has 2 heterocycles. The molecule has 0 aliphatic carbocycles. The van der Waals surface area contributed by atoms with Crippen molar-refractivity contribution in [3.05, 3.63) is 35.9 Å². The van der Waals surface area contributed by atoms with Crippen LogP contribution in [0.5, 0.6) is 11.5 Å². The molecule has 3 nitrogen and oxygen atoms in total. The maximum atomic E-state index is 6.15. The van der Waals surface area contributed by atoms with Crippen LogP contribution in [0.3, 0.4) is 0 Å². The Morgan fingerprint density at radius 1 is 1.21 bits per heavy atom. The predicted molar refractivity (Wildman–Crippen MR) is 73.4 cm³/mol. The van der Waals surface area contributed by atoms with E-state index in [9.17, 15) is 0 Å². The smallest absolute Gasteiger partial charge is 0.231 e. The first-order chi connectivity index (χ1) is 9.15. The highest BCUT2D eigenvalue weighted by Crippen LogP contribution is 2.42. The Bertz CT molecular complexity index is 495. The molecule has 0 spiro atoms. The number of benzene rings is 1. The normalized spacial score (nSPS) is 29.3. The Labute approximate surface area is 114 Å². The fourth-order valence-corrected chi connectivity index (χ4v) is 2.88. The van der Waals surface area contributed by atoms with E-state index in [-0.39, 0.29) is 6.10 Å². The van der Waals surface area contributed by atoms with Gasteiger partial charge in [0.25, 0.3) is 0 Å². The minimum absolute atomic E-state index is 0.0794. The van der Waals surface area contributed by atoms with Gasteiger partial charge in [-0.05, 0) is 44.4 Å². The van der Waals surface area contributed by atoms with Gasteiger partial charge < -0.3 is 14.2 Å². The van der Waals surface area contributed by atoms with Crippen molar-refractivity contribution in [2.24, 2.45) is 5.92 Å². The minimum Gasteiger partial charge on any atom is -0.454 e. The lowest BCUT2D eigenvalue weighted by molar-refractivity contribution is -0.0672. The van der Waals surface area contributed by atoms with Gasteiger partial charge in [-0.25, -0.2) is 0 Å². The molecule has 19 heavy (non-hydrogen) atoms. The molecule has 2 aliphatic heterocycles. The summed E-state index contributed by atoms with van der Waals surface area (Å²) < 4.78 is 17.0. The van der Waals surface area contributed by atoms with Gasteiger partial charge >= 0.3 is 0 Å². The molecule has 0 radical (unpaired) electrons. The van der Waals surface area contributed by atoms with E-state index >= 15 is 0 Å². The van der Waals surface area contributed by atoms with Gasteiger partial charge in [-0.2, -0.15) is 0 Å². The van der Waals surface area contributed by atoms with Crippen molar-refractivity contribution in [3.8, 4) is 11.5 Å². The molecular weight excluding hydrogens is 240 g/mol. The van der Waals surface area contributed by atoms with Crippen LogP contribution in [0.25, 0.3) is 0 Å². The standard InChI is InChI=1S/C16H20O3/c1-10(2)13-6-4-11(3)19-16(13)12-5-7-14-15(8-12)18-9-17-14/h5,7-8,11,13,16H,1,4,6,9H2,2-3H3/t11-,13-,16+/m0/s1. The van der Waals surface area contributed by atoms with Crippen LogP contribution in [0.4, 0.5) is 0 Å². The molecule has 0 unspecified atom stereocenters. The van der Waals surface area contributed by atoms with Crippen LogP contribution in [-0.2, 0) is 4.74 Å². The van der Waals surface area contributed by atoms with Crippen LogP contribution >= 0.6 is 0 Å². The number of hydrogen-bond donors (Lipinski definition) is 0.